The number of carbonyl (C=O) groups is 1. The zero-order valence-corrected chi connectivity index (χ0v) is 20.0. The molecule has 1 heterocycles. The zero-order chi connectivity index (χ0) is 19.5. The second-order valence-corrected chi connectivity index (χ2v) is 7.42. The van der Waals surface area contributed by atoms with Crippen LogP contribution in [0.2, 0.25) is 0 Å². The van der Waals surface area contributed by atoms with Gasteiger partial charge < -0.3 is 15.5 Å². The number of nitrogens with zero attached hydrogens (tertiary/aromatic N) is 2. The van der Waals surface area contributed by atoms with Gasteiger partial charge in [0.15, 0.2) is 5.96 Å². The van der Waals surface area contributed by atoms with Crippen LogP contribution in [0.5, 0.6) is 0 Å². The monoisotopic (exact) mass is 500 g/mol. The van der Waals surface area contributed by atoms with E-state index >= 15 is 0 Å². The molecule has 0 fully saturated rings. The Labute approximate surface area is 187 Å². The molecule has 0 aliphatic carbocycles. The third-order valence-electron chi connectivity index (χ3n) is 4.98. The van der Waals surface area contributed by atoms with E-state index in [0.717, 1.165) is 38.4 Å². The van der Waals surface area contributed by atoms with E-state index in [4.69, 9.17) is 0 Å². The fourth-order valence-corrected chi connectivity index (χ4v) is 3.41. The van der Waals surface area contributed by atoms with Crippen LogP contribution in [0.15, 0.2) is 29.3 Å². The number of amides is 1. The quantitative estimate of drug-likeness (QED) is 0.216. The molecule has 1 unspecified atom stereocenters. The molecule has 1 atom stereocenters. The number of unbranched alkanes of at least 4 members (excludes halogenated alkanes) is 2. The summed E-state index contributed by atoms with van der Waals surface area (Å²) < 4.78 is 0. The summed E-state index contributed by atoms with van der Waals surface area (Å²) in [7, 11) is 0. The number of benzene rings is 1. The number of rotatable bonds is 10. The third kappa shape index (κ3) is 8.37. The number of nitrogens with one attached hydrogen (secondary N) is 2. The maximum Gasteiger partial charge on any atom is 0.223 e. The zero-order valence-electron chi connectivity index (χ0n) is 17.7. The fraction of sp³-hybridized carbons (Fsp3) is 0.636. The molecule has 0 saturated heterocycles. The molecule has 1 aliphatic rings. The lowest BCUT2D eigenvalue weighted by Crippen LogP contribution is -2.42. The molecule has 28 heavy (non-hydrogen) atoms. The summed E-state index contributed by atoms with van der Waals surface area (Å²) in [5.74, 6) is 1.09. The van der Waals surface area contributed by atoms with Crippen molar-refractivity contribution >= 4 is 35.8 Å². The van der Waals surface area contributed by atoms with Gasteiger partial charge in [-0.25, -0.2) is 0 Å². The molecule has 0 radical (unpaired) electrons. The molecule has 0 saturated carbocycles. The number of carbonyl (C=O) groups excluding carboxylic acids is 1. The van der Waals surface area contributed by atoms with E-state index in [0.29, 0.717) is 19.0 Å². The van der Waals surface area contributed by atoms with Crippen molar-refractivity contribution in [1.82, 2.24) is 15.5 Å². The molecule has 1 aromatic carbocycles. The van der Waals surface area contributed by atoms with E-state index in [1.165, 1.54) is 30.4 Å². The average Bonchev–Trinajstić information content (AvgIpc) is 3.09. The smallest absolute Gasteiger partial charge is 0.223 e. The normalized spacial score (nSPS) is 14.2. The SMILES string of the molecule is CCCCCC(C)NC(=NCCCC(=O)N1Cc2ccccc2C1)NCC.I. The minimum absolute atomic E-state index is 0. The van der Waals surface area contributed by atoms with E-state index in [9.17, 15) is 4.79 Å². The highest BCUT2D eigenvalue weighted by atomic mass is 127. The second-order valence-electron chi connectivity index (χ2n) is 7.42. The first kappa shape index (κ1) is 24.7. The maximum absolute atomic E-state index is 12.5. The standard InChI is InChI=1S/C22H36N4O.HI/c1-4-6-7-11-18(3)25-22(23-5-2)24-15-10-14-21(27)26-16-19-12-8-9-13-20(19)17-26;/h8-9,12-13,18H,4-7,10-11,14-17H2,1-3H3,(H2,23,24,25);1H. The van der Waals surface area contributed by atoms with Crippen LogP contribution < -0.4 is 10.6 Å². The summed E-state index contributed by atoms with van der Waals surface area (Å²) in [6.45, 7) is 9.52. The Morgan fingerprint density at radius 2 is 1.82 bits per heavy atom. The van der Waals surface area contributed by atoms with Crippen molar-refractivity contribution in [2.75, 3.05) is 13.1 Å². The van der Waals surface area contributed by atoms with E-state index < -0.39 is 0 Å². The van der Waals surface area contributed by atoms with Gasteiger partial charge in [0.05, 0.1) is 0 Å². The highest BCUT2D eigenvalue weighted by Gasteiger charge is 2.22. The maximum atomic E-state index is 12.5. The summed E-state index contributed by atoms with van der Waals surface area (Å²) in [5.41, 5.74) is 2.55. The van der Waals surface area contributed by atoms with E-state index in [1.807, 2.05) is 17.0 Å². The van der Waals surface area contributed by atoms with Crippen LogP contribution >= 0.6 is 24.0 Å². The minimum Gasteiger partial charge on any atom is -0.357 e. The van der Waals surface area contributed by atoms with Gasteiger partial charge in [-0.3, -0.25) is 9.79 Å². The van der Waals surface area contributed by atoms with Gasteiger partial charge in [-0.2, -0.15) is 0 Å². The fourth-order valence-electron chi connectivity index (χ4n) is 3.41. The Bertz CT molecular complexity index is 595. The van der Waals surface area contributed by atoms with Crippen molar-refractivity contribution in [3.05, 3.63) is 35.4 Å². The van der Waals surface area contributed by atoms with E-state index in [1.54, 1.807) is 0 Å². The van der Waals surface area contributed by atoms with Crippen LogP contribution in [0.1, 0.15) is 70.4 Å². The number of guanidine groups is 1. The molecule has 0 spiro atoms. The van der Waals surface area contributed by atoms with Crippen molar-refractivity contribution < 1.29 is 4.79 Å². The van der Waals surface area contributed by atoms with Crippen LogP contribution in [0.4, 0.5) is 0 Å². The first-order valence-electron chi connectivity index (χ1n) is 10.5. The Morgan fingerprint density at radius 1 is 1.14 bits per heavy atom. The Morgan fingerprint density at radius 3 is 2.43 bits per heavy atom. The number of hydrogen-bond acceptors (Lipinski definition) is 2. The van der Waals surface area contributed by atoms with Crippen molar-refractivity contribution in [3.8, 4) is 0 Å². The van der Waals surface area contributed by atoms with Gasteiger partial charge in [0.1, 0.15) is 0 Å². The van der Waals surface area contributed by atoms with Gasteiger partial charge in [-0.1, -0.05) is 50.5 Å². The van der Waals surface area contributed by atoms with Crippen LogP contribution in [0, 0.1) is 0 Å². The molecule has 1 amide bonds. The third-order valence-corrected chi connectivity index (χ3v) is 4.98. The Balaban J connectivity index is 0.00000392. The first-order valence-corrected chi connectivity index (χ1v) is 10.5. The van der Waals surface area contributed by atoms with E-state index in [-0.39, 0.29) is 29.9 Å². The largest absolute Gasteiger partial charge is 0.357 e. The second kappa shape index (κ2) is 13.8. The molecule has 6 heteroatoms. The molecule has 2 rings (SSSR count). The van der Waals surface area contributed by atoms with E-state index in [2.05, 4.69) is 48.5 Å². The molecule has 1 aromatic rings. The van der Waals surface area contributed by atoms with Crippen molar-refractivity contribution in [3.63, 3.8) is 0 Å². The Kier molecular flexibility index (Phi) is 12.2. The highest BCUT2D eigenvalue weighted by molar-refractivity contribution is 14.0. The van der Waals surface area contributed by atoms with Crippen molar-refractivity contribution in [2.45, 2.75) is 78.4 Å². The minimum atomic E-state index is 0. The topological polar surface area (TPSA) is 56.7 Å². The molecule has 2 N–H and O–H groups in total. The predicted octanol–water partition coefficient (Wildman–Crippen LogP) is 4.45. The van der Waals surface area contributed by atoms with Gasteiger partial charge in [0, 0.05) is 38.6 Å². The van der Waals surface area contributed by atoms with Crippen LogP contribution in [-0.4, -0.2) is 35.9 Å². The average molecular weight is 500 g/mol. The van der Waals surface area contributed by atoms with Gasteiger partial charge >= 0.3 is 0 Å². The summed E-state index contributed by atoms with van der Waals surface area (Å²) >= 11 is 0. The molecule has 0 bridgehead atoms. The summed E-state index contributed by atoms with van der Waals surface area (Å²) in [4.78, 5) is 19.1. The van der Waals surface area contributed by atoms with Gasteiger partial charge in [0.25, 0.3) is 0 Å². The number of aliphatic imine (C=N–C) groups is 1. The lowest BCUT2D eigenvalue weighted by Gasteiger charge is -2.18. The van der Waals surface area contributed by atoms with Crippen molar-refractivity contribution in [2.24, 2.45) is 4.99 Å². The number of hydrogen-bond donors (Lipinski definition) is 2. The molecular weight excluding hydrogens is 463 g/mol. The van der Waals surface area contributed by atoms with Gasteiger partial charge in [-0.05, 0) is 37.8 Å². The summed E-state index contributed by atoms with van der Waals surface area (Å²) in [5, 5.41) is 6.78. The summed E-state index contributed by atoms with van der Waals surface area (Å²) in [6.07, 6.45) is 6.28. The molecular formula is C22H37IN4O. The number of fused-ring (bicyclic) bond motifs is 1. The molecule has 0 aromatic heterocycles. The van der Waals surface area contributed by atoms with Gasteiger partial charge in [0.2, 0.25) is 5.91 Å². The Hall–Kier alpha value is -1.31. The van der Waals surface area contributed by atoms with Crippen LogP contribution in [0.25, 0.3) is 0 Å². The summed E-state index contributed by atoms with van der Waals surface area (Å²) in [6, 6.07) is 8.73. The number of halogens is 1. The predicted molar refractivity (Wildman–Crippen MR) is 128 cm³/mol. The van der Waals surface area contributed by atoms with Crippen LogP contribution in [-0.2, 0) is 17.9 Å². The lowest BCUT2D eigenvalue weighted by atomic mass is 10.1. The van der Waals surface area contributed by atoms with Crippen LogP contribution in [0.3, 0.4) is 0 Å². The van der Waals surface area contributed by atoms with Gasteiger partial charge in [-0.15, -0.1) is 24.0 Å². The highest BCUT2D eigenvalue weighted by Crippen LogP contribution is 2.22. The molecule has 1 aliphatic heterocycles. The molecule has 5 nitrogen and oxygen atoms in total. The van der Waals surface area contributed by atoms with Crippen molar-refractivity contribution in [1.29, 1.82) is 0 Å². The lowest BCUT2D eigenvalue weighted by molar-refractivity contribution is -0.131. The molecule has 158 valence electrons. The first-order chi connectivity index (χ1) is 13.1.